The minimum atomic E-state index is -1.24. The highest BCUT2D eigenvalue weighted by Crippen LogP contribution is 2.18. The Hall–Kier alpha value is -2.51. The van der Waals surface area contributed by atoms with Gasteiger partial charge in [-0.25, -0.2) is 14.0 Å². The van der Waals surface area contributed by atoms with Crippen LogP contribution in [0.25, 0.3) is 0 Å². The zero-order valence-corrected chi connectivity index (χ0v) is 12.6. The quantitative estimate of drug-likeness (QED) is 0.616. The van der Waals surface area contributed by atoms with Gasteiger partial charge in [0, 0.05) is 6.54 Å². The lowest BCUT2D eigenvalue weighted by Crippen LogP contribution is -2.47. The molecule has 5 N–H and O–H groups in total. The maximum Gasteiger partial charge on any atom is 0.408 e. The van der Waals surface area contributed by atoms with E-state index < -0.39 is 29.5 Å². The highest BCUT2D eigenvalue weighted by atomic mass is 19.1. The Kier molecular flexibility index (Phi) is 5.56. The summed E-state index contributed by atoms with van der Waals surface area (Å²) in [6.45, 7) is 4.86. The Morgan fingerprint density at radius 3 is 2.55 bits per heavy atom. The number of benzene rings is 1. The van der Waals surface area contributed by atoms with E-state index in [-0.39, 0.29) is 12.2 Å². The number of carbonyl (C=O) groups excluding carboxylic acids is 1. The largest absolute Gasteiger partial charge is 0.480 e. The molecule has 0 aliphatic rings. The van der Waals surface area contributed by atoms with E-state index in [4.69, 9.17) is 15.6 Å². The Bertz CT molecular complexity index is 558. The Morgan fingerprint density at radius 2 is 2.05 bits per heavy atom. The van der Waals surface area contributed by atoms with Gasteiger partial charge in [0.05, 0.1) is 11.4 Å². The molecule has 8 heteroatoms. The number of alkyl carbamates (subject to hydrolysis) is 1. The van der Waals surface area contributed by atoms with Crippen LogP contribution in [0.15, 0.2) is 18.2 Å². The molecule has 0 heterocycles. The van der Waals surface area contributed by atoms with Crippen LogP contribution in [0.4, 0.5) is 20.6 Å². The summed E-state index contributed by atoms with van der Waals surface area (Å²) in [6, 6.07) is 2.46. The van der Waals surface area contributed by atoms with Gasteiger partial charge in [0.15, 0.2) is 0 Å². The average molecular weight is 313 g/mol. The Labute approximate surface area is 127 Å². The molecular weight excluding hydrogens is 293 g/mol. The topological polar surface area (TPSA) is 114 Å². The molecule has 0 saturated heterocycles. The summed E-state index contributed by atoms with van der Waals surface area (Å²) < 4.78 is 17.9. The van der Waals surface area contributed by atoms with Gasteiger partial charge in [-0.1, -0.05) is 0 Å². The van der Waals surface area contributed by atoms with Crippen LogP contribution in [0, 0.1) is 5.82 Å². The number of carboxylic acid groups (broad SMARTS) is 1. The standard InChI is InChI=1S/C14H20FN3O4/c1-14(2,3)22-13(21)18-11(12(19)20)7-17-10-5-4-8(15)6-9(10)16/h4-6,11,17H,7,16H2,1-3H3,(H,18,21)(H,19,20)/t11-/m1/s1. The number of anilines is 2. The van der Waals surface area contributed by atoms with Crippen LogP contribution < -0.4 is 16.4 Å². The van der Waals surface area contributed by atoms with Gasteiger partial charge in [0.25, 0.3) is 0 Å². The summed E-state index contributed by atoms with van der Waals surface area (Å²) in [5, 5.41) is 14.1. The van der Waals surface area contributed by atoms with Gasteiger partial charge < -0.3 is 26.2 Å². The molecule has 0 saturated carbocycles. The number of hydrogen-bond donors (Lipinski definition) is 4. The first-order valence-electron chi connectivity index (χ1n) is 6.59. The molecule has 1 amide bonds. The molecule has 0 spiro atoms. The fraction of sp³-hybridized carbons (Fsp3) is 0.429. The van der Waals surface area contributed by atoms with E-state index in [1.807, 2.05) is 0 Å². The van der Waals surface area contributed by atoms with Gasteiger partial charge in [0.2, 0.25) is 0 Å². The van der Waals surface area contributed by atoms with Crippen molar-refractivity contribution < 1.29 is 23.8 Å². The average Bonchev–Trinajstić information content (AvgIpc) is 2.33. The Morgan fingerprint density at radius 1 is 1.41 bits per heavy atom. The fourth-order valence-corrected chi connectivity index (χ4v) is 1.56. The molecule has 0 unspecified atom stereocenters. The second kappa shape index (κ2) is 6.97. The van der Waals surface area contributed by atoms with E-state index in [2.05, 4.69) is 10.6 Å². The van der Waals surface area contributed by atoms with Crippen molar-refractivity contribution in [3.8, 4) is 0 Å². The van der Waals surface area contributed by atoms with Crippen LogP contribution in [-0.2, 0) is 9.53 Å². The lowest BCUT2D eigenvalue weighted by atomic mass is 10.2. The molecule has 0 fully saturated rings. The number of rotatable bonds is 5. The number of carboxylic acids is 1. The van der Waals surface area contributed by atoms with Gasteiger partial charge in [-0.05, 0) is 39.0 Å². The number of nitrogens with one attached hydrogen (secondary N) is 2. The number of ether oxygens (including phenoxy) is 1. The van der Waals surface area contributed by atoms with Gasteiger partial charge >= 0.3 is 12.1 Å². The third-order valence-corrected chi connectivity index (χ3v) is 2.50. The zero-order chi connectivity index (χ0) is 16.9. The molecule has 22 heavy (non-hydrogen) atoms. The van der Waals surface area contributed by atoms with Crippen LogP contribution in [-0.4, -0.2) is 35.4 Å². The van der Waals surface area contributed by atoms with Crippen LogP contribution in [0.3, 0.4) is 0 Å². The SMILES string of the molecule is CC(C)(C)OC(=O)N[C@H](CNc1ccc(F)cc1N)C(=O)O. The number of halogens is 1. The molecule has 122 valence electrons. The number of nitrogens with two attached hydrogens (primary N) is 1. The minimum absolute atomic E-state index is 0.135. The predicted octanol–water partition coefficient (Wildman–Crippen LogP) is 1.80. The van der Waals surface area contributed by atoms with Gasteiger partial charge in [-0.3, -0.25) is 0 Å². The third-order valence-electron chi connectivity index (χ3n) is 2.50. The van der Waals surface area contributed by atoms with Crippen molar-refractivity contribution in [3.05, 3.63) is 24.0 Å². The summed E-state index contributed by atoms with van der Waals surface area (Å²) in [5.74, 6) is -1.73. The number of aliphatic carboxylic acids is 1. The monoisotopic (exact) mass is 313 g/mol. The normalized spacial score (nSPS) is 12.4. The second-order valence-corrected chi connectivity index (χ2v) is 5.65. The van der Waals surface area contributed by atoms with Crippen molar-refractivity contribution >= 4 is 23.4 Å². The predicted molar refractivity (Wildman–Crippen MR) is 80.1 cm³/mol. The highest BCUT2D eigenvalue weighted by molar-refractivity contribution is 5.81. The number of carbonyl (C=O) groups is 2. The molecule has 1 aromatic carbocycles. The van der Waals surface area contributed by atoms with Crippen molar-refractivity contribution in [2.75, 3.05) is 17.6 Å². The molecule has 0 bridgehead atoms. The molecule has 0 aliphatic heterocycles. The summed E-state index contributed by atoms with van der Waals surface area (Å²) in [4.78, 5) is 22.8. The number of amides is 1. The van der Waals surface area contributed by atoms with E-state index in [1.165, 1.54) is 12.1 Å². The molecule has 0 aliphatic carbocycles. The van der Waals surface area contributed by atoms with Crippen molar-refractivity contribution in [3.63, 3.8) is 0 Å². The number of hydrogen-bond acceptors (Lipinski definition) is 5. The van der Waals surface area contributed by atoms with E-state index >= 15 is 0 Å². The smallest absolute Gasteiger partial charge is 0.408 e. The van der Waals surface area contributed by atoms with Crippen LogP contribution in [0.2, 0.25) is 0 Å². The van der Waals surface area contributed by atoms with E-state index in [1.54, 1.807) is 20.8 Å². The zero-order valence-electron chi connectivity index (χ0n) is 12.6. The van der Waals surface area contributed by atoms with Crippen molar-refractivity contribution in [2.45, 2.75) is 32.4 Å². The second-order valence-electron chi connectivity index (χ2n) is 5.65. The summed E-state index contributed by atoms with van der Waals surface area (Å²) in [7, 11) is 0. The molecular formula is C14H20FN3O4. The van der Waals surface area contributed by atoms with Crippen molar-refractivity contribution in [1.29, 1.82) is 0 Å². The lowest BCUT2D eigenvalue weighted by Gasteiger charge is -2.22. The first-order chi connectivity index (χ1) is 10.1. The summed E-state index contributed by atoms with van der Waals surface area (Å²) in [6.07, 6.45) is -0.839. The van der Waals surface area contributed by atoms with Gasteiger partial charge in [-0.2, -0.15) is 0 Å². The van der Waals surface area contributed by atoms with E-state index in [0.717, 1.165) is 6.07 Å². The third kappa shape index (κ3) is 5.86. The minimum Gasteiger partial charge on any atom is -0.480 e. The number of nitrogen functional groups attached to an aromatic ring is 1. The maximum atomic E-state index is 12.9. The van der Waals surface area contributed by atoms with Crippen molar-refractivity contribution in [1.82, 2.24) is 5.32 Å². The van der Waals surface area contributed by atoms with E-state index in [0.29, 0.717) is 5.69 Å². The molecule has 0 aromatic heterocycles. The highest BCUT2D eigenvalue weighted by Gasteiger charge is 2.23. The molecule has 1 rings (SSSR count). The molecule has 1 atom stereocenters. The fourth-order valence-electron chi connectivity index (χ4n) is 1.56. The molecule has 7 nitrogen and oxygen atoms in total. The maximum absolute atomic E-state index is 12.9. The summed E-state index contributed by atoms with van der Waals surface area (Å²) in [5.41, 5.74) is 5.39. The molecule has 1 aromatic rings. The van der Waals surface area contributed by atoms with Crippen LogP contribution in [0.5, 0.6) is 0 Å². The summed E-state index contributed by atoms with van der Waals surface area (Å²) >= 11 is 0. The molecule has 0 radical (unpaired) electrons. The first-order valence-corrected chi connectivity index (χ1v) is 6.59. The van der Waals surface area contributed by atoms with Crippen LogP contribution in [0.1, 0.15) is 20.8 Å². The van der Waals surface area contributed by atoms with Crippen molar-refractivity contribution in [2.24, 2.45) is 0 Å². The van der Waals surface area contributed by atoms with Gasteiger partial charge in [-0.15, -0.1) is 0 Å². The lowest BCUT2D eigenvalue weighted by molar-refractivity contribution is -0.139. The van der Waals surface area contributed by atoms with Crippen LogP contribution >= 0.6 is 0 Å². The first kappa shape index (κ1) is 17.5. The Balaban J connectivity index is 2.65. The van der Waals surface area contributed by atoms with E-state index in [9.17, 15) is 14.0 Å². The van der Waals surface area contributed by atoms with Gasteiger partial charge in [0.1, 0.15) is 17.5 Å².